The monoisotopic (exact) mass is 512 g/mol. The van der Waals surface area contributed by atoms with Crippen molar-refractivity contribution in [3.63, 3.8) is 0 Å². The number of benzene rings is 1. The summed E-state index contributed by atoms with van der Waals surface area (Å²) in [5.74, 6) is -0.239. The molecule has 4 heterocycles. The molecule has 2 saturated heterocycles. The molecule has 194 valence electrons. The van der Waals surface area contributed by atoms with Gasteiger partial charge in [0.2, 0.25) is 5.90 Å². The molecular formula is C28H28N6O4. The number of carboxylic acid groups (broad SMARTS) is 1. The highest BCUT2D eigenvalue weighted by molar-refractivity contribution is 6.05. The highest BCUT2D eigenvalue weighted by Gasteiger charge is 2.26. The molecular weight excluding hydrogens is 484 g/mol. The van der Waals surface area contributed by atoms with Crippen molar-refractivity contribution in [1.82, 2.24) is 9.97 Å². The topological polar surface area (TPSA) is 144 Å². The highest BCUT2D eigenvalue weighted by Crippen LogP contribution is 2.33. The summed E-state index contributed by atoms with van der Waals surface area (Å²) < 4.78 is 11.4. The predicted octanol–water partition coefficient (Wildman–Crippen LogP) is 4.46. The number of pyridine rings is 2. The van der Waals surface area contributed by atoms with Crippen LogP contribution < -0.4 is 10.2 Å². The van der Waals surface area contributed by atoms with Gasteiger partial charge in [0.15, 0.2) is 5.69 Å². The van der Waals surface area contributed by atoms with Crippen molar-refractivity contribution < 1.29 is 19.4 Å². The van der Waals surface area contributed by atoms with Gasteiger partial charge in [-0.05, 0) is 43.2 Å². The molecule has 1 unspecified atom stereocenters. The SMILES string of the molecule is N#CC1CCN(c2ccc(-c3cc(C(=O)O)nc(Nc4ccccc4)c3C(=N)OC3CCOC3)cn2)CC1. The number of nitrogens with one attached hydrogen (secondary N) is 2. The molecule has 2 fully saturated rings. The van der Waals surface area contributed by atoms with Gasteiger partial charge < -0.3 is 24.8 Å². The van der Waals surface area contributed by atoms with Gasteiger partial charge in [-0.2, -0.15) is 5.26 Å². The maximum absolute atomic E-state index is 12.0. The van der Waals surface area contributed by atoms with Crippen molar-refractivity contribution in [2.45, 2.75) is 25.4 Å². The fourth-order valence-electron chi connectivity index (χ4n) is 4.66. The normalized spacial score (nSPS) is 17.6. The van der Waals surface area contributed by atoms with Gasteiger partial charge in [-0.1, -0.05) is 18.2 Å². The summed E-state index contributed by atoms with van der Waals surface area (Å²) in [6.45, 7) is 2.45. The van der Waals surface area contributed by atoms with E-state index in [1.165, 1.54) is 6.07 Å². The summed E-state index contributed by atoms with van der Waals surface area (Å²) in [5.41, 5.74) is 1.98. The number of hydrogen-bond acceptors (Lipinski definition) is 9. The fraction of sp³-hybridized carbons (Fsp3) is 0.321. The molecule has 2 aromatic heterocycles. The van der Waals surface area contributed by atoms with Gasteiger partial charge in [-0.25, -0.2) is 14.8 Å². The van der Waals surface area contributed by atoms with Crippen LogP contribution in [0.25, 0.3) is 11.1 Å². The Morgan fingerprint density at radius 2 is 1.97 bits per heavy atom. The first kappa shape index (κ1) is 25.2. The Balaban J connectivity index is 1.54. The lowest BCUT2D eigenvalue weighted by Gasteiger charge is -2.30. The van der Waals surface area contributed by atoms with Crippen molar-refractivity contribution in [3.8, 4) is 17.2 Å². The highest BCUT2D eigenvalue weighted by atomic mass is 16.5. The fourth-order valence-corrected chi connectivity index (χ4v) is 4.66. The Kier molecular flexibility index (Phi) is 7.47. The maximum atomic E-state index is 12.0. The number of aromatic carboxylic acids is 1. The van der Waals surface area contributed by atoms with E-state index in [0.29, 0.717) is 42.0 Å². The summed E-state index contributed by atoms with van der Waals surface area (Å²) in [7, 11) is 0. The van der Waals surface area contributed by atoms with E-state index in [-0.39, 0.29) is 29.4 Å². The number of rotatable bonds is 7. The second-order valence-electron chi connectivity index (χ2n) is 9.30. The predicted molar refractivity (Wildman–Crippen MR) is 142 cm³/mol. The van der Waals surface area contributed by atoms with Crippen LogP contribution in [-0.4, -0.2) is 59.3 Å². The third-order valence-electron chi connectivity index (χ3n) is 6.73. The van der Waals surface area contributed by atoms with Crippen molar-refractivity contribution >= 4 is 29.2 Å². The van der Waals surface area contributed by atoms with Crippen LogP contribution in [0.15, 0.2) is 54.7 Å². The van der Waals surface area contributed by atoms with Gasteiger partial charge in [0.1, 0.15) is 17.7 Å². The summed E-state index contributed by atoms with van der Waals surface area (Å²) >= 11 is 0. The molecule has 0 amide bonds. The van der Waals surface area contributed by atoms with Crippen LogP contribution in [0.1, 0.15) is 35.3 Å². The van der Waals surface area contributed by atoms with Crippen molar-refractivity contribution in [2.24, 2.45) is 5.92 Å². The van der Waals surface area contributed by atoms with Crippen LogP contribution in [-0.2, 0) is 9.47 Å². The van der Waals surface area contributed by atoms with E-state index in [2.05, 4.69) is 26.3 Å². The van der Waals surface area contributed by atoms with E-state index >= 15 is 0 Å². The molecule has 1 aromatic carbocycles. The zero-order valence-corrected chi connectivity index (χ0v) is 20.8. The lowest BCUT2D eigenvalue weighted by molar-refractivity contribution is 0.0690. The van der Waals surface area contributed by atoms with Crippen LogP contribution in [0, 0.1) is 22.7 Å². The summed E-state index contributed by atoms with van der Waals surface area (Å²) in [5, 5.41) is 31.0. The smallest absolute Gasteiger partial charge is 0.354 e. The lowest BCUT2D eigenvalue weighted by Crippen LogP contribution is -2.33. The summed E-state index contributed by atoms with van der Waals surface area (Å²) in [6, 6.07) is 16.8. The summed E-state index contributed by atoms with van der Waals surface area (Å²) in [4.78, 5) is 23.1. The summed E-state index contributed by atoms with van der Waals surface area (Å²) in [6.07, 6.45) is 3.66. The number of ether oxygens (including phenoxy) is 2. The minimum absolute atomic E-state index is 0.0751. The minimum atomic E-state index is -1.18. The van der Waals surface area contributed by atoms with Crippen LogP contribution in [0.5, 0.6) is 0 Å². The molecule has 10 nitrogen and oxygen atoms in total. The number of anilines is 3. The van der Waals surface area contributed by atoms with Gasteiger partial charge in [0.05, 0.1) is 24.8 Å². The number of para-hydroxylation sites is 1. The molecule has 0 spiro atoms. The number of nitrogens with zero attached hydrogens (tertiary/aromatic N) is 4. The Morgan fingerprint density at radius 3 is 2.61 bits per heavy atom. The number of nitriles is 1. The van der Waals surface area contributed by atoms with Gasteiger partial charge in [-0.15, -0.1) is 0 Å². The van der Waals surface area contributed by atoms with E-state index in [1.807, 2.05) is 42.5 Å². The van der Waals surface area contributed by atoms with Crippen LogP contribution >= 0.6 is 0 Å². The molecule has 10 heteroatoms. The molecule has 1 atom stereocenters. The molecule has 2 aliphatic rings. The number of piperidine rings is 1. The first-order valence-electron chi connectivity index (χ1n) is 12.6. The van der Waals surface area contributed by atoms with Crippen molar-refractivity contribution in [2.75, 3.05) is 36.5 Å². The third-order valence-corrected chi connectivity index (χ3v) is 6.73. The van der Waals surface area contributed by atoms with Gasteiger partial charge in [0, 0.05) is 48.4 Å². The Labute approximate surface area is 220 Å². The zero-order valence-electron chi connectivity index (χ0n) is 20.8. The van der Waals surface area contributed by atoms with Gasteiger partial charge >= 0.3 is 5.97 Å². The van der Waals surface area contributed by atoms with Crippen LogP contribution in [0.4, 0.5) is 17.3 Å². The molecule has 0 radical (unpaired) electrons. The van der Waals surface area contributed by atoms with E-state index in [4.69, 9.17) is 14.9 Å². The number of hydrogen-bond donors (Lipinski definition) is 3. The van der Waals surface area contributed by atoms with Crippen molar-refractivity contribution in [1.29, 1.82) is 10.7 Å². The van der Waals surface area contributed by atoms with Gasteiger partial charge in [-0.3, -0.25) is 5.41 Å². The number of carbonyl (C=O) groups is 1. The molecule has 2 aliphatic heterocycles. The van der Waals surface area contributed by atoms with Crippen LogP contribution in [0.2, 0.25) is 0 Å². The lowest BCUT2D eigenvalue weighted by atomic mass is 9.98. The Bertz CT molecular complexity index is 1340. The van der Waals surface area contributed by atoms with Gasteiger partial charge in [0.25, 0.3) is 0 Å². The maximum Gasteiger partial charge on any atom is 0.354 e. The van der Waals surface area contributed by atoms with Crippen LogP contribution in [0.3, 0.4) is 0 Å². The average Bonchev–Trinajstić information content (AvgIpc) is 3.46. The van der Waals surface area contributed by atoms with E-state index < -0.39 is 5.97 Å². The standard InChI is InChI=1S/C28H28N6O4/c29-15-18-8-11-34(12-9-18)24-7-6-19(16-31-24)22-14-23(28(35)36)33-27(32-20-4-2-1-3-5-20)25(22)26(30)38-21-10-13-37-17-21/h1-7,14,16,18,21,30H,8-13,17H2,(H,32,33)(H,35,36). The molecule has 3 aromatic rings. The van der Waals surface area contributed by atoms with E-state index in [1.54, 1.807) is 6.20 Å². The van der Waals surface area contributed by atoms with Crippen molar-refractivity contribution in [3.05, 3.63) is 66.0 Å². The minimum Gasteiger partial charge on any atom is -0.477 e. The second-order valence-corrected chi connectivity index (χ2v) is 9.30. The Morgan fingerprint density at radius 1 is 1.18 bits per heavy atom. The average molecular weight is 513 g/mol. The molecule has 0 bridgehead atoms. The molecule has 3 N–H and O–H groups in total. The molecule has 38 heavy (non-hydrogen) atoms. The number of carboxylic acids is 1. The second kappa shape index (κ2) is 11.3. The third kappa shape index (κ3) is 5.58. The first-order valence-corrected chi connectivity index (χ1v) is 12.6. The molecule has 0 saturated carbocycles. The zero-order chi connectivity index (χ0) is 26.5. The first-order chi connectivity index (χ1) is 18.5. The quantitative estimate of drug-likeness (QED) is 0.309. The largest absolute Gasteiger partial charge is 0.477 e. The molecule has 5 rings (SSSR count). The Hall–Kier alpha value is -4.49. The van der Waals surface area contributed by atoms with E-state index in [0.717, 1.165) is 31.7 Å². The molecule has 0 aliphatic carbocycles. The number of aromatic nitrogens is 2. The van der Waals surface area contributed by atoms with E-state index in [9.17, 15) is 15.2 Å².